The molecular formula is C16H20N4O2. The van der Waals surface area contributed by atoms with E-state index in [0.29, 0.717) is 24.5 Å². The normalized spacial score (nSPS) is 10.3. The van der Waals surface area contributed by atoms with Crippen molar-refractivity contribution < 1.29 is 9.53 Å². The Morgan fingerprint density at radius 1 is 1.41 bits per heavy atom. The molecule has 0 radical (unpaired) electrons. The fraction of sp³-hybridized carbons (Fsp3) is 0.312. The van der Waals surface area contributed by atoms with Crippen LogP contribution in [0.25, 0.3) is 5.69 Å². The monoisotopic (exact) mass is 300 g/mol. The SMILES string of the molecule is C=CCNC(=O)c1nnn(-c2ccc(OCCC)cc2)c1C. The van der Waals surface area contributed by atoms with Crippen molar-refractivity contribution in [3.8, 4) is 11.4 Å². The van der Waals surface area contributed by atoms with Crippen LogP contribution >= 0.6 is 0 Å². The van der Waals surface area contributed by atoms with Gasteiger partial charge in [0.05, 0.1) is 18.0 Å². The van der Waals surface area contributed by atoms with E-state index in [4.69, 9.17) is 4.74 Å². The van der Waals surface area contributed by atoms with Crippen molar-refractivity contribution >= 4 is 5.91 Å². The van der Waals surface area contributed by atoms with Crippen LogP contribution in [0.15, 0.2) is 36.9 Å². The zero-order valence-corrected chi connectivity index (χ0v) is 12.9. The first-order valence-corrected chi connectivity index (χ1v) is 7.22. The Kier molecular flexibility index (Phi) is 5.30. The van der Waals surface area contributed by atoms with Crippen LogP contribution in [0.5, 0.6) is 5.75 Å². The van der Waals surface area contributed by atoms with E-state index in [1.54, 1.807) is 10.8 Å². The number of ether oxygens (including phenoxy) is 1. The number of hydrogen-bond donors (Lipinski definition) is 1. The summed E-state index contributed by atoms with van der Waals surface area (Å²) in [6.07, 6.45) is 2.58. The number of aromatic nitrogens is 3. The van der Waals surface area contributed by atoms with Crippen LogP contribution in [0, 0.1) is 6.92 Å². The highest BCUT2D eigenvalue weighted by Gasteiger charge is 2.16. The fourth-order valence-corrected chi connectivity index (χ4v) is 1.94. The molecule has 0 saturated heterocycles. The highest BCUT2D eigenvalue weighted by molar-refractivity contribution is 5.93. The number of rotatable bonds is 7. The van der Waals surface area contributed by atoms with Gasteiger partial charge in [0.15, 0.2) is 5.69 Å². The lowest BCUT2D eigenvalue weighted by molar-refractivity contribution is 0.0952. The molecule has 0 fully saturated rings. The second-order valence-electron chi connectivity index (χ2n) is 4.78. The van der Waals surface area contributed by atoms with Crippen LogP contribution in [0.2, 0.25) is 0 Å². The zero-order valence-electron chi connectivity index (χ0n) is 12.9. The van der Waals surface area contributed by atoms with Gasteiger partial charge in [-0.15, -0.1) is 11.7 Å². The van der Waals surface area contributed by atoms with E-state index in [0.717, 1.165) is 17.9 Å². The minimum atomic E-state index is -0.258. The molecule has 0 unspecified atom stereocenters. The van der Waals surface area contributed by atoms with Gasteiger partial charge in [0.2, 0.25) is 0 Å². The molecule has 2 rings (SSSR count). The van der Waals surface area contributed by atoms with E-state index >= 15 is 0 Å². The first-order valence-electron chi connectivity index (χ1n) is 7.22. The predicted octanol–water partition coefficient (Wildman–Crippen LogP) is 2.28. The lowest BCUT2D eigenvalue weighted by atomic mass is 10.2. The van der Waals surface area contributed by atoms with Crippen molar-refractivity contribution in [2.45, 2.75) is 20.3 Å². The summed E-state index contributed by atoms with van der Waals surface area (Å²) in [6.45, 7) is 8.52. The Morgan fingerprint density at radius 2 is 2.14 bits per heavy atom. The van der Waals surface area contributed by atoms with Gasteiger partial charge in [-0.25, -0.2) is 4.68 Å². The smallest absolute Gasteiger partial charge is 0.274 e. The Morgan fingerprint density at radius 3 is 2.77 bits per heavy atom. The zero-order chi connectivity index (χ0) is 15.9. The molecule has 6 nitrogen and oxygen atoms in total. The largest absolute Gasteiger partial charge is 0.494 e. The molecule has 0 atom stereocenters. The summed E-state index contributed by atoms with van der Waals surface area (Å²) in [7, 11) is 0. The minimum Gasteiger partial charge on any atom is -0.494 e. The molecule has 2 aromatic rings. The molecule has 1 aromatic carbocycles. The van der Waals surface area contributed by atoms with Gasteiger partial charge >= 0.3 is 0 Å². The third-order valence-electron chi connectivity index (χ3n) is 3.07. The van der Waals surface area contributed by atoms with E-state index in [9.17, 15) is 4.79 Å². The molecule has 1 aromatic heterocycles. The second-order valence-corrected chi connectivity index (χ2v) is 4.78. The Hall–Kier alpha value is -2.63. The molecular weight excluding hydrogens is 280 g/mol. The molecule has 22 heavy (non-hydrogen) atoms. The summed E-state index contributed by atoms with van der Waals surface area (Å²) in [4.78, 5) is 11.9. The Labute approximate surface area is 129 Å². The van der Waals surface area contributed by atoms with Gasteiger partial charge in [-0.3, -0.25) is 4.79 Å². The molecule has 0 aliphatic carbocycles. The van der Waals surface area contributed by atoms with E-state index in [2.05, 4.69) is 29.1 Å². The highest BCUT2D eigenvalue weighted by atomic mass is 16.5. The predicted molar refractivity (Wildman–Crippen MR) is 84.4 cm³/mol. The lowest BCUT2D eigenvalue weighted by Gasteiger charge is -2.07. The van der Waals surface area contributed by atoms with Gasteiger partial charge in [-0.1, -0.05) is 18.2 Å². The summed E-state index contributed by atoms with van der Waals surface area (Å²) in [5.41, 5.74) is 1.83. The molecule has 6 heteroatoms. The van der Waals surface area contributed by atoms with Crippen LogP contribution in [0.4, 0.5) is 0 Å². The van der Waals surface area contributed by atoms with Crippen LogP contribution < -0.4 is 10.1 Å². The Bertz CT molecular complexity index is 647. The summed E-state index contributed by atoms with van der Waals surface area (Å²) in [5, 5.41) is 10.7. The van der Waals surface area contributed by atoms with Gasteiger partial charge in [0.25, 0.3) is 5.91 Å². The molecule has 1 N–H and O–H groups in total. The van der Waals surface area contributed by atoms with Gasteiger partial charge in [0, 0.05) is 6.54 Å². The third-order valence-corrected chi connectivity index (χ3v) is 3.07. The van der Waals surface area contributed by atoms with Crippen LogP contribution in [0.3, 0.4) is 0 Å². The van der Waals surface area contributed by atoms with Gasteiger partial charge in [-0.05, 0) is 37.6 Å². The van der Waals surface area contributed by atoms with Crippen LogP contribution in [-0.4, -0.2) is 34.1 Å². The molecule has 0 bridgehead atoms. The van der Waals surface area contributed by atoms with E-state index < -0.39 is 0 Å². The average Bonchev–Trinajstić information content (AvgIpc) is 2.93. The lowest BCUT2D eigenvalue weighted by Crippen LogP contribution is -2.24. The average molecular weight is 300 g/mol. The van der Waals surface area contributed by atoms with Crippen molar-refractivity contribution in [1.82, 2.24) is 20.3 Å². The van der Waals surface area contributed by atoms with Gasteiger partial charge < -0.3 is 10.1 Å². The van der Waals surface area contributed by atoms with Crippen molar-refractivity contribution in [3.05, 3.63) is 48.3 Å². The minimum absolute atomic E-state index is 0.258. The Balaban J connectivity index is 2.17. The number of amides is 1. The quantitative estimate of drug-likeness (QED) is 0.796. The molecule has 1 amide bonds. The molecule has 0 saturated carbocycles. The summed E-state index contributed by atoms with van der Waals surface area (Å²) >= 11 is 0. The molecule has 0 aliphatic heterocycles. The molecule has 116 valence electrons. The van der Waals surface area contributed by atoms with Crippen molar-refractivity contribution in [1.29, 1.82) is 0 Å². The highest BCUT2D eigenvalue weighted by Crippen LogP contribution is 2.17. The number of carbonyl (C=O) groups excluding carboxylic acids is 1. The summed E-state index contributed by atoms with van der Waals surface area (Å²) in [6, 6.07) is 7.53. The molecule has 0 spiro atoms. The number of hydrogen-bond acceptors (Lipinski definition) is 4. The first-order chi connectivity index (χ1) is 10.7. The van der Waals surface area contributed by atoms with E-state index in [1.807, 2.05) is 31.2 Å². The van der Waals surface area contributed by atoms with Gasteiger partial charge in [0.1, 0.15) is 5.75 Å². The van der Waals surface area contributed by atoms with Crippen molar-refractivity contribution in [2.24, 2.45) is 0 Å². The molecule has 0 aliphatic rings. The standard InChI is InChI=1S/C16H20N4O2/c1-4-10-17-16(21)15-12(3)20(19-18-15)13-6-8-14(9-7-13)22-11-5-2/h4,6-9H,1,5,10-11H2,2-3H3,(H,17,21). The van der Waals surface area contributed by atoms with Gasteiger partial charge in [-0.2, -0.15) is 0 Å². The topological polar surface area (TPSA) is 69.0 Å². The fourth-order valence-electron chi connectivity index (χ4n) is 1.94. The number of nitrogens with zero attached hydrogens (tertiary/aromatic N) is 3. The van der Waals surface area contributed by atoms with E-state index in [1.165, 1.54) is 0 Å². The first kappa shape index (κ1) is 15.8. The van der Waals surface area contributed by atoms with Crippen LogP contribution in [-0.2, 0) is 0 Å². The maximum Gasteiger partial charge on any atom is 0.274 e. The maximum atomic E-state index is 11.9. The molecule has 1 heterocycles. The summed E-state index contributed by atoms with van der Waals surface area (Å²) < 4.78 is 7.18. The van der Waals surface area contributed by atoms with Crippen LogP contribution in [0.1, 0.15) is 29.5 Å². The third kappa shape index (κ3) is 3.52. The maximum absolute atomic E-state index is 11.9. The van der Waals surface area contributed by atoms with E-state index in [-0.39, 0.29) is 5.91 Å². The number of benzene rings is 1. The van der Waals surface area contributed by atoms with Crippen molar-refractivity contribution in [3.63, 3.8) is 0 Å². The number of carbonyl (C=O) groups is 1. The summed E-state index contributed by atoms with van der Waals surface area (Å²) in [5.74, 6) is 0.555. The second kappa shape index (κ2) is 7.40. The van der Waals surface area contributed by atoms with Crippen molar-refractivity contribution in [2.75, 3.05) is 13.2 Å². The number of nitrogens with one attached hydrogen (secondary N) is 1.